The summed E-state index contributed by atoms with van der Waals surface area (Å²) in [6, 6.07) is 3.83. The summed E-state index contributed by atoms with van der Waals surface area (Å²) < 4.78 is 0. The highest BCUT2D eigenvalue weighted by molar-refractivity contribution is 5.93. The molecular weight excluding hydrogens is 212 g/mol. The molecule has 3 nitrogen and oxygen atoms in total. The van der Waals surface area contributed by atoms with Gasteiger partial charge in [-0.25, -0.2) is 0 Å². The number of primary amides is 1. The minimum atomic E-state index is -0.396. The van der Waals surface area contributed by atoms with Crippen LogP contribution >= 0.6 is 0 Å². The van der Waals surface area contributed by atoms with Gasteiger partial charge in [0.05, 0.1) is 0 Å². The van der Waals surface area contributed by atoms with Crippen LogP contribution in [0.3, 0.4) is 0 Å². The lowest BCUT2D eigenvalue weighted by atomic mass is 9.87. The summed E-state index contributed by atoms with van der Waals surface area (Å²) in [7, 11) is 0. The van der Waals surface area contributed by atoms with Crippen molar-refractivity contribution in [3.63, 3.8) is 0 Å². The fourth-order valence-corrected chi connectivity index (χ4v) is 1.87. The highest BCUT2D eigenvalue weighted by Gasteiger charge is 2.19. The predicted molar refractivity (Wildman–Crippen MR) is 69.4 cm³/mol. The van der Waals surface area contributed by atoms with Crippen molar-refractivity contribution in [1.82, 2.24) is 4.98 Å². The summed E-state index contributed by atoms with van der Waals surface area (Å²) >= 11 is 0. The molecule has 0 aliphatic heterocycles. The number of hydrogen-bond donors (Lipinski definition) is 1. The number of rotatable bonds is 6. The van der Waals surface area contributed by atoms with Crippen LogP contribution in [0.25, 0.3) is 0 Å². The lowest BCUT2D eigenvalue weighted by Gasteiger charge is -2.17. The summed E-state index contributed by atoms with van der Waals surface area (Å²) in [4.78, 5) is 15.5. The summed E-state index contributed by atoms with van der Waals surface area (Å²) in [6.07, 6.45) is 8.62. The van der Waals surface area contributed by atoms with E-state index in [9.17, 15) is 4.79 Å². The largest absolute Gasteiger partial charge is 0.366 e. The van der Waals surface area contributed by atoms with E-state index >= 15 is 0 Å². The first kappa shape index (κ1) is 13.2. The van der Waals surface area contributed by atoms with Gasteiger partial charge < -0.3 is 5.73 Å². The fraction of sp³-hybridized carbons (Fsp3) is 0.286. The Kier molecular flexibility index (Phi) is 5.14. The number of nitrogens with two attached hydrogens (primary N) is 1. The molecule has 1 unspecified atom stereocenters. The van der Waals surface area contributed by atoms with E-state index in [0.29, 0.717) is 5.57 Å². The molecule has 1 amide bonds. The van der Waals surface area contributed by atoms with Gasteiger partial charge >= 0.3 is 0 Å². The Hall–Kier alpha value is -1.90. The van der Waals surface area contributed by atoms with E-state index in [-0.39, 0.29) is 5.92 Å². The van der Waals surface area contributed by atoms with Crippen molar-refractivity contribution in [3.8, 4) is 0 Å². The fourth-order valence-electron chi connectivity index (χ4n) is 1.87. The lowest BCUT2D eigenvalue weighted by molar-refractivity contribution is -0.114. The van der Waals surface area contributed by atoms with E-state index < -0.39 is 5.91 Å². The molecule has 0 bridgehead atoms. The van der Waals surface area contributed by atoms with Crippen LogP contribution < -0.4 is 5.73 Å². The van der Waals surface area contributed by atoms with E-state index in [1.54, 1.807) is 24.5 Å². The van der Waals surface area contributed by atoms with Gasteiger partial charge in [-0.1, -0.05) is 38.1 Å². The molecule has 0 fully saturated rings. The second kappa shape index (κ2) is 6.63. The van der Waals surface area contributed by atoms with Crippen molar-refractivity contribution in [3.05, 3.63) is 54.4 Å². The highest BCUT2D eigenvalue weighted by atomic mass is 16.1. The molecule has 0 aliphatic rings. The summed E-state index contributed by atoms with van der Waals surface area (Å²) in [5.41, 5.74) is 7.02. The quantitative estimate of drug-likeness (QED) is 0.603. The van der Waals surface area contributed by atoms with Gasteiger partial charge in [-0.15, -0.1) is 0 Å². The molecule has 0 saturated heterocycles. The average molecular weight is 230 g/mol. The van der Waals surface area contributed by atoms with Crippen LogP contribution in [-0.4, -0.2) is 10.9 Å². The maximum absolute atomic E-state index is 11.5. The van der Waals surface area contributed by atoms with Gasteiger partial charge in [-0.3, -0.25) is 9.78 Å². The van der Waals surface area contributed by atoms with E-state index in [0.717, 1.165) is 18.4 Å². The van der Waals surface area contributed by atoms with Crippen molar-refractivity contribution in [1.29, 1.82) is 0 Å². The zero-order valence-electron chi connectivity index (χ0n) is 10.1. The molecule has 2 N–H and O–H groups in total. The molecule has 17 heavy (non-hydrogen) atoms. The second-order valence-electron chi connectivity index (χ2n) is 3.85. The SMILES string of the molecule is C=C/C=C(/C(N)=O)C(CCC)c1cccnc1. The molecule has 0 saturated carbocycles. The predicted octanol–water partition coefficient (Wildman–Crippen LogP) is 2.56. The molecular formula is C14H18N2O. The van der Waals surface area contributed by atoms with Crippen LogP contribution in [0.1, 0.15) is 31.2 Å². The molecule has 0 radical (unpaired) electrons. The van der Waals surface area contributed by atoms with Gasteiger partial charge in [0.15, 0.2) is 0 Å². The minimum Gasteiger partial charge on any atom is -0.366 e. The van der Waals surface area contributed by atoms with E-state index in [1.807, 2.05) is 12.1 Å². The maximum Gasteiger partial charge on any atom is 0.245 e. The van der Waals surface area contributed by atoms with Gasteiger partial charge in [0.25, 0.3) is 0 Å². The first-order valence-electron chi connectivity index (χ1n) is 5.73. The third-order valence-corrected chi connectivity index (χ3v) is 2.62. The van der Waals surface area contributed by atoms with Crippen molar-refractivity contribution in [2.75, 3.05) is 0 Å². The zero-order chi connectivity index (χ0) is 12.7. The third-order valence-electron chi connectivity index (χ3n) is 2.62. The number of hydrogen-bond acceptors (Lipinski definition) is 2. The summed E-state index contributed by atoms with van der Waals surface area (Å²) in [5.74, 6) is -0.392. The molecule has 1 aromatic rings. The van der Waals surface area contributed by atoms with E-state index in [4.69, 9.17) is 5.73 Å². The Balaban J connectivity index is 3.11. The maximum atomic E-state index is 11.5. The number of nitrogens with zero attached hydrogens (tertiary/aromatic N) is 1. The molecule has 90 valence electrons. The van der Waals surface area contributed by atoms with E-state index in [1.165, 1.54) is 0 Å². The second-order valence-corrected chi connectivity index (χ2v) is 3.85. The number of carbonyl (C=O) groups excluding carboxylic acids is 1. The number of amides is 1. The standard InChI is InChI=1S/C14H18N2O/c1-3-6-12(11-8-5-9-16-10-11)13(7-4-2)14(15)17/h4-5,7-10,12H,2-3,6H2,1H3,(H2,15,17)/b13-7+. The summed E-state index contributed by atoms with van der Waals surface area (Å²) in [5, 5.41) is 0. The molecule has 1 heterocycles. The Labute approximate surface area is 102 Å². The van der Waals surface area contributed by atoms with Crippen LogP contribution in [-0.2, 0) is 4.79 Å². The first-order chi connectivity index (χ1) is 8.20. The number of carbonyl (C=O) groups is 1. The van der Waals surface area contributed by atoms with Gasteiger partial charge in [0, 0.05) is 23.9 Å². The van der Waals surface area contributed by atoms with Crippen LogP contribution in [0.4, 0.5) is 0 Å². The van der Waals surface area contributed by atoms with Crippen LogP contribution in [0.15, 0.2) is 48.8 Å². The third kappa shape index (κ3) is 3.55. The minimum absolute atomic E-state index is 0.00389. The van der Waals surface area contributed by atoms with E-state index in [2.05, 4.69) is 18.5 Å². The Morgan fingerprint density at radius 2 is 2.41 bits per heavy atom. The van der Waals surface area contributed by atoms with Gasteiger partial charge in [0.2, 0.25) is 5.91 Å². The molecule has 1 atom stereocenters. The molecule has 0 spiro atoms. The van der Waals surface area contributed by atoms with Crippen molar-refractivity contribution in [2.24, 2.45) is 5.73 Å². The van der Waals surface area contributed by atoms with Crippen LogP contribution in [0.2, 0.25) is 0 Å². The number of pyridine rings is 1. The van der Waals surface area contributed by atoms with Crippen molar-refractivity contribution >= 4 is 5.91 Å². The Bertz CT molecular complexity index is 409. The molecule has 0 aliphatic carbocycles. The smallest absolute Gasteiger partial charge is 0.245 e. The average Bonchev–Trinajstić information content (AvgIpc) is 2.34. The molecule has 0 aromatic carbocycles. The number of aromatic nitrogens is 1. The van der Waals surface area contributed by atoms with Crippen molar-refractivity contribution in [2.45, 2.75) is 25.7 Å². The normalized spacial score (nSPS) is 13.1. The van der Waals surface area contributed by atoms with Gasteiger partial charge in [-0.05, 0) is 18.1 Å². The van der Waals surface area contributed by atoms with Crippen LogP contribution in [0.5, 0.6) is 0 Å². The van der Waals surface area contributed by atoms with Gasteiger partial charge in [0.1, 0.15) is 0 Å². The summed E-state index contributed by atoms with van der Waals surface area (Å²) in [6.45, 7) is 5.70. The Morgan fingerprint density at radius 1 is 1.65 bits per heavy atom. The zero-order valence-corrected chi connectivity index (χ0v) is 10.1. The van der Waals surface area contributed by atoms with Crippen LogP contribution in [0, 0.1) is 0 Å². The number of allylic oxidation sites excluding steroid dienone is 2. The Morgan fingerprint density at radius 3 is 2.88 bits per heavy atom. The monoisotopic (exact) mass is 230 g/mol. The molecule has 1 rings (SSSR count). The first-order valence-corrected chi connectivity index (χ1v) is 5.73. The van der Waals surface area contributed by atoms with Crippen molar-refractivity contribution < 1.29 is 4.79 Å². The molecule has 3 heteroatoms. The topological polar surface area (TPSA) is 56.0 Å². The molecule has 1 aromatic heterocycles. The van der Waals surface area contributed by atoms with Gasteiger partial charge in [-0.2, -0.15) is 0 Å². The lowest BCUT2D eigenvalue weighted by Crippen LogP contribution is -2.19. The highest BCUT2D eigenvalue weighted by Crippen LogP contribution is 2.28.